The average molecular weight is 195 g/mol. The Bertz CT molecular complexity index is 577. The van der Waals surface area contributed by atoms with Gasteiger partial charge in [0, 0.05) is 4.91 Å². The van der Waals surface area contributed by atoms with Crippen molar-refractivity contribution >= 4 is 10.8 Å². The highest BCUT2D eigenvalue weighted by Crippen LogP contribution is 2.38. The highest BCUT2D eigenvalue weighted by molar-refractivity contribution is 5.91. The Morgan fingerprint density at radius 2 is 2.00 bits per heavy atom. The van der Waals surface area contributed by atoms with Gasteiger partial charge in [0.1, 0.15) is 0 Å². The molecular formula is C12H9N3. The zero-order valence-corrected chi connectivity index (χ0v) is 8.09. The van der Waals surface area contributed by atoms with Crippen LogP contribution in [0.2, 0.25) is 0 Å². The summed E-state index contributed by atoms with van der Waals surface area (Å²) < 4.78 is 0. The molecule has 0 bridgehead atoms. The van der Waals surface area contributed by atoms with Crippen molar-refractivity contribution in [2.24, 2.45) is 5.11 Å². The molecule has 0 aromatic heterocycles. The molecule has 3 heteroatoms. The van der Waals surface area contributed by atoms with E-state index in [1.807, 2.05) is 6.07 Å². The molecule has 0 saturated heterocycles. The van der Waals surface area contributed by atoms with E-state index in [0.29, 0.717) is 0 Å². The van der Waals surface area contributed by atoms with Crippen molar-refractivity contribution in [1.29, 1.82) is 0 Å². The van der Waals surface area contributed by atoms with E-state index in [1.54, 1.807) is 0 Å². The van der Waals surface area contributed by atoms with Crippen molar-refractivity contribution in [2.45, 2.75) is 12.5 Å². The fourth-order valence-electron chi connectivity index (χ4n) is 2.38. The molecule has 15 heavy (non-hydrogen) atoms. The Hall–Kier alpha value is -1.99. The molecule has 0 aliphatic heterocycles. The highest BCUT2D eigenvalue weighted by atomic mass is 15.1. The molecule has 3 rings (SSSR count). The van der Waals surface area contributed by atoms with Crippen LogP contribution in [0.1, 0.15) is 17.2 Å². The quantitative estimate of drug-likeness (QED) is 0.378. The fraction of sp³-hybridized carbons (Fsp3) is 0.167. The van der Waals surface area contributed by atoms with Crippen LogP contribution in [0, 0.1) is 0 Å². The lowest BCUT2D eigenvalue weighted by atomic mass is 10.1. The summed E-state index contributed by atoms with van der Waals surface area (Å²) in [6.07, 6.45) is 0.834. The maximum absolute atomic E-state index is 8.52. The van der Waals surface area contributed by atoms with Crippen LogP contribution >= 0.6 is 0 Å². The lowest BCUT2D eigenvalue weighted by Crippen LogP contribution is -1.89. The minimum Gasteiger partial charge on any atom is -0.0855 e. The summed E-state index contributed by atoms with van der Waals surface area (Å²) >= 11 is 0. The van der Waals surface area contributed by atoms with Crippen LogP contribution in [-0.4, -0.2) is 0 Å². The Labute approximate surface area is 87.0 Å². The largest absolute Gasteiger partial charge is 0.0855 e. The Morgan fingerprint density at radius 1 is 1.20 bits per heavy atom. The first-order valence-corrected chi connectivity index (χ1v) is 4.95. The summed E-state index contributed by atoms with van der Waals surface area (Å²) in [6.45, 7) is 0. The second-order valence-corrected chi connectivity index (χ2v) is 3.79. The van der Waals surface area contributed by atoms with Crippen molar-refractivity contribution in [3.63, 3.8) is 0 Å². The topological polar surface area (TPSA) is 48.8 Å². The third-order valence-corrected chi connectivity index (χ3v) is 2.99. The van der Waals surface area contributed by atoms with Gasteiger partial charge < -0.3 is 0 Å². The Morgan fingerprint density at radius 3 is 2.80 bits per heavy atom. The van der Waals surface area contributed by atoms with E-state index < -0.39 is 0 Å². The van der Waals surface area contributed by atoms with Gasteiger partial charge in [-0.1, -0.05) is 41.5 Å². The molecule has 0 N–H and O–H groups in total. The number of azide groups is 1. The van der Waals surface area contributed by atoms with Crippen LogP contribution in [0.3, 0.4) is 0 Å². The molecule has 0 fully saturated rings. The maximum Gasteiger partial charge on any atom is 0.0671 e. The summed E-state index contributed by atoms with van der Waals surface area (Å²) in [7, 11) is 0. The molecule has 72 valence electrons. The number of nitrogens with zero attached hydrogens (tertiary/aromatic N) is 3. The van der Waals surface area contributed by atoms with Crippen molar-refractivity contribution in [1.82, 2.24) is 0 Å². The fourth-order valence-corrected chi connectivity index (χ4v) is 2.38. The highest BCUT2D eigenvalue weighted by Gasteiger charge is 2.22. The van der Waals surface area contributed by atoms with E-state index >= 15 is 0 Å². The summed E-state index contributed by atoms with van der Waals surface area (Å²) in [5.41, 5.74) is 11.0. The molecule has 1 atom stereocenters. The zero-order valence-electron chi connectivity index (χ0n) is 8.09. The second-order valence-electron chi connectivity index (χ2n) is 3.79. The summed E-state index contributed by atoms with van der Waals surface area (Å²) in [6, 6.07) is 12.4. The van der Waals surface area contributed by atoms with Gasteiger partial charge in [0.25, 0.3) is 0 Å². The smallest absolute Gasteiger partial charge is 0.0671 e. The van der Waals surface area contributed by atoms with E-state index in [-0.39, 0.29) is 6.04 Å². The van der Waals surface area contributed by atoms with Crippen LogP contribution in [0.4, 0.5) is 0 Å². The van der Waals surface area contributed by atoms with Crippen LogP contribution in [0.5, 0.6) is 0 Å². The number of rotatable bonds is 1. The standard InChI is InChI=1S/C12H9N3/c13-15-14-11-7-9-5-1-3-8-4-2-6-10(11)12(8)9/h1-6,11H,7H2. The molecular weight excluding hydrogens is 186 g/mol. The molecule has 2 aromatic rings. The van der Waals surface area contributed by atoms with Crippen LogP contribution < -0.4 is 0 Å². The average Bonchev–Trinajstić information content (AvgIpc) is 2.61. The van der Waals surface area contributed by atoms with E-state index in [4.69, 9.17) is 5.53 Å². The first kappa shape index (κ1) is 8.33. The minimum atomic E-state index is -0.0175. The second kappa shape index (κ2) is 3.01. The first-order chi connectivity index (χ1) is 7.40. The molecule has 0 saturated carbocycles. The molecule has 1 aliphatic rings. The van der Waals surface area contributed by atoms with Crippen molar-refractivity contribution < 1.29 is 0 Å². The van der Waals surface area contributed by atoms with Gasteiger partial charge in [-0.15, -0.1) is 0 Å². The van der Waals surface area contributed by atoms with Gasteiger partial charge in [0.05, 0.1) is 6.04 Å². The Kier molecular flexibility index (Phi) is 1.67. The van der Waals surface area contributed by atoms with Gasteiger partial charge in [0.2, 0.25) is 0 Å². The normalized spacial score (nSPS) is 17.7. The molecule has 0 spiro atoms. The Balaban J connectivity index is 2.36. The van der Waals surface area contributed by atoms with Crippen molar-refractivity contribution in [3.8, 4) is 0 Å². The van der Waals surface area contributed by atoms with E-state index in [2.05, 4.69) is 40.4 Å². The zero-order chi connectivity index (χ0) is 10.3. The van der Waals surface area contributed by atoms with Crippen LogP contribution in [-0.2, 0) is 6.42 Å². The lowest BCUT2D eigenvalue weighted by Gasteiger charge is -2.02. The number of benzene rings is 2. The molecule has 3 nitrogen and oxygen atoms in total. The lowest BCUT2D eigenvalue weighted by molar-refractivity contribution is 0.749. The third kappa shape index (κ3) is 1.10. The molecule has 0 amide bonds. The number of hydrogen-bond donors (Lipinski definition) is 0. The van der Waals surface area contributed by atoms with Gasteiger partial charge in [-0.05, 0) is 33.9 Å². The van der Waals surface area contributed by atoms with Crippen LogP contribution in [0.15, 0.2) is 41.5 Å². The molecule has 0 radical (unpaired) electrons. The molecule has 1 unspecified atom stereocenters. The van der Waals surface area contributed by atoms with Gasteiger partial charge in [-0.3, -0.25) is 0 Å². The molecule has 0 heterocycles. The van der Waals surface area contributed by atoms with Gasteiger partial charge in [-0.2, -0.15) is 0 Å². The predicted molar refractivity (Wildman–Crippen MR) is 59.5 cm³/mol. The monoisotopic (exact) mass is 195 g/mol. The van der Waals surface area contributed by atoms with E-state index in [0.717, 1.165) is 6.42 Å². The van der Waals surface area contributed by atoms with E-state index in [1.165, 1.54) is 21.9 Å². The van der Waals surface area contributed by atoms with Gasteiger partial charge in [0.15, 0.2) is 0 Å². The predicted octanol–water partition coefficient (Wildman–Crippen LogP) is 3.75. The SMILES string of the molecule is [N-]=[N+]=NC1Cc2cccc3cccc1c23. The summed E-state index contributed by atoms with van der Waals surface area (Å²) in [5.74, 6) is 0. The van der Waals surface area contributed by atoms with Crippen molar-refractivity contribution in [2.75, 3.05) is 0 Å². The minimum absolute atomic E-state index is 0.0175. The van der Waals surface area contributed by atoms with Gasteiger partial charge in [-0.25, -0.2) is 0 Å². The van der Waals surface area contributed by atoms with E-state index in [9.17, 15) is 0 Å². The summed E-state index contributed by atoms with van der Waals surface area (Å²) in [5, 5.41) is 6.36. The van der Waals surface area contributed by atoms with Gasteiger partial charge >= 0.3 is 0 Å². The third-order valence-electron chi connectivity index (χ3n) is 2.99. The maximum atomic E-state index is 8.52. The summed E-state index contributed by atoms with van der Waals surface area (Å²) in [4.78, 5) is 2.91. The number of hydrogen-bond acceptors (Lipinski definition) is 1. The van der Waals surface area contributed by atoms with Crippen molar-refractivity contribution in [3.05, 3.63) is 58.0 Å². The first-order valence-electron chi connectivity index (χ1n) is 4.95. The molecule has 2 aromatic carbocycles. The molecule has 1 aliphatic carbocycles. The van der Waals surface area contributed by atoms with Crippen LogP contribution in [0.25, 0.3) is 21.2 Å².